The lowest BCUT2D eigenvalue weighted by Gasteiger charge is -2.11. The number of ether oxygens (including phenoxy) is 1. The molecule has 1 N–H and O–H groups in total. The van der Waals surface area contributed by atoms with E-state index in [1.54, 1.807) is 6.20 Å². The van der Waals surface area contributed by atoms with E-state index in [4.69, 9.17) is 4.74 Å². The highest BCUT2D eigenvalue weighted by atomic mass is 32.1. The molecule has 0 aliphatic carbocycles. The third kappa shape index (κ3) is 4.02. The van der Waals surface area contributed by atoms with Crippen LogP contribution in [0.15, 0.2) is 66.9 Å². The number of para-hydroxylation sites is 1. The van der Waals surface area contributed by atoms with Crippen LogP contribution < -0.4 is 10.1 Å². The zero-order valence-corrected chi connectivity index (χ0v) is 16.2. The molecule has 0 unspecified atom stereocenters. The number of aryl methyl sites for hydroxylation is 1. The van der Waals surface area contributed by atoms with Crippen molar-refractivity contribution in [2.75, 3.05) is 11.9 Å². The Bertz CT molecular complexity index is 1090. The van der Waals surface area contributed by atoms with Crippen LogP contribution in [0.4, 0.5) is 5.69 Å². The fourth-order valence-electron chi connectivity index (χ4n) is 2.90. The summed E-state index contributed by atoms with van der Waals surface area (Å²) < 4.78 is 5.69. The third-order valence-corrected chi connectivity index (χ3v) is 5.30. The van der Waals surface area contributed by atoms with Gasteiger partial charge in [0.25, 0.3) is 5.91 Å². The van der Waals surface area contributed by atoms with Crippen molar-refractivity contribution in [3.05, 3.63) is 72.4 Å². The molecule has 0 bridgehead atoms. The zero-order valence-electron chi connectivity index (χ0n) is 15.4. The number of rotatable bonds is 6. The maximum atomic E-state index is 12.3. The number of carbonyl (C=O) groups is 1. The second-order valence-electron chi connectivity index (χ2n) is 6.23. The minimum absolute atomic E-state index is 0.0354. The summed E-state index contributed by atoms with van der Waals surface area (Å²) in [5.74, 6) is 0.546. The molecule has 0 spiro atoms. The minimum atomic E-state index is -0.200. The highest BCUT2D eigenvalue weighted by molar-refractivity contribution is 7.21. The second kappa shape index (κ2) is 8.19. The SMILES string of the molecule is CCc1ccccc1OCC(=O)Nc1cccc(-c2nc3cccnc3s2)c1. The average Bonchev–Trinajstić information content (AvgIpc) is 3.17. The number of nitrogens with zero attached hydrogens (tertiary/aromatic N) is 2. The van der Waals surface area contributed by atoms with Gasteiger partial charge in [0.2, 0.25) is 0 Å². The molecule has 0 radical (unpaired) electrons. The molecule has 28 heavy (non-hydrogen) atoms. The van der Waals surface area contributed by atoms with E-state index in [9.17, 15) is 4.79 Å². The zero-order chi connectivity index (χ0) is 19.3. The van der Waals surface area contributed by atoms with Crippen molar-refractivity contribution >= 4 is 33.3 Å². The van der Waals surface area contributed by atoms with Crippen LogP contribution in [-0.4, -0.2) is 22.5 Å². The molecule has 0 atom stereocenters. The number of fused-ring (bicyclic) bond motifs is 1. The van der Waals surface area contributed by atoms with Crippen LogP contribution in [0.2, 0.25) is 0 Å². The van der Waals surface area contributed by atoms with E-state index < -0.39 is 0 Å². The quantitative estimate of drug-likeness (QED) is 0.507. The van der Waals surface area contributed by atoms with Gasteiger partial charge in [0.15, 0.2) is 6.61 Å². The molecule has 0 aliphatic rings. The molecule has 6 heteroatoms. The summed E-state index contributed by atoms with van der Waals surface area (Å²) in [4.78, 5) is 22.2. The maximum absolute atomic E-state index is 12.3. The number of anilines is 1. The molecule has 2 aromatic heterocycles. The van der Waals surface area contributed by atoms with Crippen molar-refractivity contribution in [1.82, 2.24) is 9.97 Å². The van der Waals surface area contributed by atoms with Gasteiger partial charge < -0.3 is 10.1 Å². The fraction of sp³-hybridized carbons (Fsp3) is 0.136. The van der Waals surface area contributed by atoms with Crippen LogP contribution in [0.25, 0.3) is 20.9 Å². The molecule has 5 nitrogen and oxygen atoms in total. The second-order valence-corrected chi connectivity index (χ2v) is 7.20. The molecule has 0 aliphatic heterocycles. The normalized spacial score (nSPS) is 10.8. The summed E-state index contributed by atoms with van der Waals surface area (Å²) in [5, 5.41) is 3.76. The Morgan fingerprint density at radius 2 is 2.00 bits per heavy atom. The molecular formula is C22H19N3O2S. The first kappa shape index (κ1) is 18.1. The smallest absolute Gasteiger partial charge is 0.262 e. The summed E-state index contributed by atoms with van der Waals surface area (Å²) in [6, 6.07) is 19.2. The Morgan fingerprint density at radius 3 is 2.86 bits per heavy atom. The number of amides is 1. The first-order valence-corrected chi connectivity index (χ1v) is 9.87. The van der Waals surface area contributed by atoms with E-state index in [0.717, 1.165) is 38.7 Å². The Kier molecular flexibility index (Phi) is 5.30. The summed E-state index contributed by atoms with van der Waals surface area (Å²) >= 11 is 1.53. The lowest BCUT2D eigenvalue weighted by molar-refractivity contribution is -0.118. The van der Waals surface area contributed by atoms with Crippen molar-refractivity contribution in [1.29, 1.82) is 0 Å². The maximum Gasteiger partial charge on any atom is 0.262 e. The number of thiazole rings is 1. The topological polar surface area (TPSA) is 64.1 Å². The average molecular weight is 389 g/mol. The predicted molar refractivity (Wildman–Crippen MR) is 113 cm³/mol. The molecule has 0 fully saturated rings. The van der Waals surface area contributed by atoms with Crippen LogP contribution in [0, 0.1) is 0 Å². The van der Waals surface area contributed by atoms with Crippen molar-refractivity contribution in [2.24, 2.45) is 0 Å². The van der Waals surface area contributed by atoms with Crippen LogP contribution in [0.1, 0.15) is 12.5 Å². The Labute approximate surface area is 167 Å². The van der Waals surface area contributed by atoms with Crippen LogP contribution in [0.5, 0.6) is 5.75 Å². The van der Waals surface area contributed by atoms with E-state index in [1.807, 2.05) is 60.7 Å². The third-order valence-electron chi connectivity index (χ3n) is 4.27. The monoisotopic (exact) mass is 389 g/mol. The van der Waals surface area contributed by atoms with E-state index in [2.05, 4.69) is 22.2 Å². The molecule has 140 valence electrons. The number of carbonyl (C=O) groups excluding carboxylic acids is 1. The molecule has 0 saturated heterocycles. The van der Waals surface area contributed by atoms with Crippen molar-refractivity contribution < 1.29 is 9.53 Å². The van der Waals surface area contributed by atoms with Crippen LogP contribution in [0.3, 0.4) is 0 Å². The molecule has 1 amide bonds. The number of nitrogens with one attached hydrogen (secondary N) is 1. The first-order chi connectivity index (χ1) is 13.7. The fourth-order valence-corrected chi connectivity index (χ4v) is 3.80. The summed E-state index contributed by atoms with van der Waals surface area (Å²) in [6.07, 6.45) is 2.62. The van der Waals surface area contributed by atoms with E-state index >= 15 is 0 Å². The van der Waals surface area contributed by atoms with E-state index in [-0.39, 0.29) is 12.5 Å². The Hall–Kier alpha value is -3.25. The molecule has 0 saturated carbocycles. The van der Waals surface area contributed by atoms with Gasteiger partial charge in [-0.3, -0.25) is 4.79 Å². The van der Waals surface area contributed by atoms with Crippen LogP contribution >= 0.6 is 11.3 Å². The Balaban J connectivity index is 1.45. The number of pyridine rings is 1. The van der Waals surface area contributed by atoms with Gasteiger partial charge in [0.05, 0.1) is 0 Å². The highest BCUT2D eigenvalue weighted by Crippen LogP contribution is 2.30. The van der Waals surface area contributed by atoms with Gasteiger partial charge in [-0.05, 0) is 42.3 Å². The van der Waals surface area contributed by atoms with Crippen molar-refractivity contribution in [3.8, 4) is 16.3 Å². The van der Waals surface area contributed by atoms with Gasteiger partial charge in [0.1, 0.15) is 21.1 Å². The summed E-state index contributed by atoms with van der Waals surface area (Å²) in [5.41, 5.74) is 3.61. The number of hydrogen-bond acceptors (Lipinski definition) is 5. The summed E-state index contributed by atoms with van der Waals surface area (Å²) in [7, 11) is 0. The molecular weight excluding hydrogens is 370 g/mol. The summed E-state index contributed by atoms with van der Waals surface area (Å²) in [6.45, 7) is 2.03. The number of aromatic nitrogens is 2. The van der Waals surface area contributed by atoms with Crippen LogP contribution in [-0.2, 0) is 11.2 Å². The van der Waals surface area contributed by atoms with Gasteiger partial charge in [-0.25, -0.2) is 9.97 Å². The van der Waals surface area contributed by atoms with Gasteiger partial charge in [0, 0.05) is 17.4 Å². The van der Waals surface area contributed by atoms with Gasteiger partial charge in [-0.15, -0.1) is 0 Å². The molecule has 2 heterocycles. The highest BCUT2D eigenvalue weighted by Gasteiger charge is 2.10. The molecule has 4 rings (SSSR count). The van der Waals surface area contributed by atoms with Gasteiger partial charge in [-0.1, -0.05) is 48.6 Å². The number of benzene rings is 2. The molecule has 2 aromatic carbocycles. The van der Waals surface area contributed by atoms with Crippen molar-refractivity contribution in [3.63, 3.8) is 0 Å². The Morgan fingerprint density at radius 1 is 1.11 bits per heavy atom. The lowest BCUT2D eigenvalue weighted by atomic mass is 10.1. The van der Waals surface area contributed by atoms with Crippen molar-refractivity contribution in [2.45, 2.75) is 13.3 Å². The minimum Gasteiger partial charge on any atom is -0.483 e. The van der Waals surface area contributed by atoms with Gasteiger partial charge >= 0.3 is 0 Å². The first-order valence-electron chi connectivity index (χ1n) is 9.05. The molecule has 4 aromatic rings. The largest absolute Gasteiger partial charge is 0.483 e. The van der Waals surface area contributed by atoms with Gasteiger partial charge in [-0.2, -0.15) is 0 Å². The van der Waals surface area contributed by atoms with E-state index in [1.165, 1.54) is 11.3 Å². The predicted octanol–water partition coefficient (Wildman–Crippen LogP) is 4.94. The standard InChI is InChI=1S/C22H19N3O2S/c1-2-15-7-3-4-11-19(15)27-14-20(26)24-17-9-5-8-16(13-17)21-25-18-10-6-12-23-22(18)28-21/h3-13H,2,14H2,1H3,(H,24,26). The van der Waals surface area contributed by atoms with E-state index in [0.29, 0.717) is 5.69 Å². The number of hydrogen-bond donors (Lipinski definition) is 1. The lowest BCUT2D eigenvalue weighted by Crippen LogP contribution is -2.20.